The Morgan fingerprint density at radius 1 is 1.15 bits per heavy atom. The topological polar surface area (TPSA) is 49.9 Å². The lowest BCUT2D eigenvalue weighted by molar-refractivity contribution is 0.776. The van der Waals surface area contributed by atoms with E-state index < -0.39 is 0 Å². The van der Waals surface area contributed by atoms with Crippen molar-refractivity contribution in [3.8, 4) is 0 Å². The number of amidine groups is 1. The first-order chi connectivity index (χ1) is 6.27. The van der Waals surface area contributed by atoms with Gasteiger partial charge in [0.05, 0.1) is 5.84 Å². The Hall–Kier alpha value is -0.180. The number of thioether (sulfide) groups is 1. The van der Waals surface area contributed by atoms with E-state index in [1.807, 2.05) is 11.8 Å². The Kier molecular flexibility index (Phi) is 9.77. The fourth-order valence-corrected chi connectivity index (χ4v) is 2.10. The van der Waals surface area contributed by atoms with E-state index in [-0.39, 0.29) is 0 Å². The zero-order valence-corrected chi connectivity index (χ0v) is 9.46. The highest BCUT2D eigenvalue weighted by molar-refractivity contribution is 7.99. The second-order valence-electron chi connectivity index (χ2n) is 3.30. The van der Waals surface area contributed by atoms with E-state index in [9.17, 15) is 0 Å². The zero-order chi connectivity index (χ0) is 9.94. The van der Waals surface area contributed by atoms with Crippen LogP contribution in [0.5, 0.6) is 0 Å². The molecule has 0 rings (SSSR count). The summed E-state index contributed by atoms with van der Waals surface area (Å²) in [4.78, 5) is 0. The van der Waals surface area contributed by atoms with Crippen molar-refractivity contribution in [3.05, 3.63) is 0 Å². The van der Waals surface area contributed by atoms with Crippen LogP contribution in [0, 0.1) is 5.41 Å². The maximum atomic E-state index is 7.04. The first-order valence-electron chi connectivity index (χ1n) is 5.18. The highest BCUT2D eigenvalue weighted by Gasteiger charge is 1.92. The van der Waals surface area contributed by atoms with Gasteiger partial charge in [-0.05, 0) is 30.8 Å². The van der Waals surface area contributed by atoms with Crippen LogP contribution in [-0.4, -0.2) is 17.3 Å². The van der Waals surface area contributed by atoms with Crippen molar-refractivity contribution in [1.82, 2.24) is 0 Å². The van der Waals surface area contributed by atoms with Crippen molar-refractivity contribution in [2.24, 2.45) is 5.73 Å². The highest BCUT2D eigenvalue weighted by atomic mass is 32.2. The summed E-state index contributed by atoms with van der Waals surface area (Å²) in [6, 6.07) is 0. The van der Waals surface area contributed by atoms with Crippen LogP contribution in [0.4, 0.5) is 0 Å². The smallest absolute Gasteiger partial charge is 0.0905 e. The molecule has 0 aromatic heterocycles. The molecule has 2 nitrogen and oxygen atoms in total. The van der Waals surface area contributed by atoms with Crippen molar-refractivity contribution in [3.63, 3.8) is 0 Å². The van der Waals surface area contributed by atoms with E-state index in [2.05, 4.69) is 6.92 Å². The van der Waals surface area contributed by atoms with Crippen molar-refractivity contribution < 1.29 is 0 Å². The Morgan fingerprint density at radius 2 is 1.77 bits per heavy atom. The third-order valence-electron chi connectivity index (χ3n) is 1.88. The first-order valence-corrected chi connectivity index (χ1v) is 6.33. The van der Waals surface area contributed by atoms with E-state index in [0.29, 0.717) is 5.84 Å². The van der Waals surface area contributed by atoms with Gasteiger partial charge in [-0.25, -0.2) is 0 Å². The Bertz CT molecular complexity index is 126. The summed E-state index contributed by atoms with van der Waals surface area (Å²) < 4.78 is 0. The molecule has 3 N–H and O–H groups in total. The summed E-state index contributed by atoms with van der Waals surface area (Å²) in [5, 5.41) is 7.04. The molecule has 0 fully saturated rings. The molecule has 0 aliphatic carbocycles. The van der Waals surface area contributed by atoms with E-state index in [1.54, 1.807) is 0 Å². The molecule has 78 valence electrons. The molecular formula is C10H22N2S. The second-order valence-corrected chi connectivity index (χ2v) is 4.53. The summed E-state index contributed by atoms with van der Waals surface area (Å²) in [5.74, 6) is 2.86. The van der Waals surface area contributed by atoms with Gasteiger partial charge < -0.3 is 5.73 Å². The van der Waals surface area contributed by atoms with E-state index in [0.717, 1.165) is 12.8 Å². The van der Waals surface area contributed by atoms with Gasteiger partial charge in [0, 0.05) is 6.42 Å². The van der Waals surface area contributed by atoms with Gasteiger partial charge in [-0.1, -0.05) is 19.8 Å². The normalized spacial score (nSPS) is 10.2. The molecule has 0 aromatic carbocycles. The Morgan fingerprint density at radius 3 is 2.31 bits per heavy atom. The minimum absolute atomic E-state index is 0.330. The average Bonchev–Trinajstić information content (AvgIpc) is 2.09. The predicted octanol–water partition coefficient (Wildman–Crippen LogP) is 3.02. The molecule has 0 bridgehead atoms. The quantitative estimate of drug-likeness (QED) is 0.343. The average molecular weight is 202 g/mol. The monoisotopic (exact) mass is 202 g/mol. The number of rotatable bonds is 9. The van der Waals surface area contributed by atoms with Crippen molar-refractivity contribution in [1.29, 1.82) is 5.41 Å². The van der Waals surface area contributed by atoms with Gasteiger partial charge in [-0.3, -0.25) is 5.41 Å². The first kappa shape index (κ1) is 12.8. The van der Waals surface area contributed by atoms with E-state index in [1.165, 1.54) is 37.2 Å². The molecule has 0 radical (unpaired) electrons. The van der Waals surface area contributed by atoms with Crippen LogP contribution in [0.1, 0.15) is 45.4 Å². The third kappa shape index (κ3) is 11.8. The molecular weight excluding hydrogens is 180 g/mol. The van der Waals surface area contributed by atoms with Crippen LogP contribution in [0.25, 0.3) is 0 Å². The maximum absolute atomic E-state index is 7.04. The lowest BCUT2D eigenvalue weighted by Gasteiger charge is -2.00. The maximum Gasteiger partial charge on any atom is 0.0905 e. The van der Waals surface area contributed by atoms with Crippen LogP contribution in [0.3, 0.4) is 0 Å². The largest absolute Gasteiger partial charge is 0.388 e. The molecule has 3 heteroatoms. The summed E-state index contributed by atoms with van der Waals surface area (Å²) >= 11 is 2.03. The highest BCUT2D eigenvalue weighted by Crippen LogP contribution is 2.09. The number of hydrogen-bond acceptors (Lipinski definition) is 2. The molecule has 0 spiro atoms. The molecule has 0 amide bonds. The summed E-state index contributed by atoms with van der Waals surface area (Å²) in [6.07, 6.45) is 7.08. The van der Waals surface area contributed by atoms with Crippen molar-refractivity contribution >= 4 is 17.6 Å². The molecule has 0 aliphatic heterocycles. The molecule has 0 aliphatic rings. The number of nitrogens with two attached hydrogens (primary N) is 1. The Labute approximate surface area is 86.2 Å². The fraction of sp³-hybridized carbons (Fsp3) is 0.900. The standard InChI is InChI=1S/C10H22N2S/c1-2-3-5-8-13-9-6-4-7-10(11)12/h2-9H2,1H3,(H3,11,12). The summed E-state index contributed by atoms with van der Waals surface area (Å²) in [7, 11) is 0. The fourth-order valence-electron chi connectivity index (χ4n) is 1.08. The van der Waals surface area contributed by atoms with Crippen LogP contribution in [-0.2, 0) is 0 Å². The zero-order valence-electron chi connectivity index (χ0n) is 8.64. The number of hydrogen-bond donors (Lipinski definition) is 2. The van der Waals surface area contributed by atoms with Gasteiger partial charge in [-0.2, -0.15) is 11.8 Å². The van der Waals surface area contributed by atoms with Crippen LogP contribution in [0.2, 0.25) is 0 Å². The van der Waals surface area contributed by atoms with Gasteiger partial charge in [0.2, 0.25) is 0 Å². The minimum Gasteiger partial charge on any atom is -0.388 e. The lowest BCUT2D eigenvalue weighted by Crippen LogP contribution is -2.08. The number of unbranched alkanes of at least 4 members (excludes halogenated alkanes) is 3. The summed E-state index contributed by atoms with van der Waals surface area (Å²) in [6.45, 7) is 2.23. The lowest BCUT2D eigenvalue weighted by atomic mass is 10.2. The van der Waals surface area contributed by atoms with Crippen LogP contribution in [0.15, 0.2) is 0 Å². The molecule has 0 unspecified atom stereocenters. The minimum atomic E-state index is 0.330. The van der Waals surface area contributed by atoms with E-state index in [4.69, 9.17) is 11.1 Å². The molecule has 0 saturated carbocycles. The molecule has 13 heavy (non-hydrogen) atoms. The van der Waals surface area contributed by atoms with Crippen LogP contribution >= 0.6 is 11.8 Å². The second kappa shape index (κ2) is 9.90. The van der Waals surface area contributed by atoms with Gasteiger partial charge in [0.25, 0.3) is 0 Å². The predicted molar refractivity (Wildman–Crippen MR) is 62.6 cm³/mol. The Balaban J connectivity index is 2.87. The number of nitrogens with one attached hydrogen (secondary N) is 1. The van der Waals surface area contributed by atoms with Gasteiger partial charge in [0.15, 0.2) is 0 Å². The SMILES string of the molecule is CCCCCSCCCCC(=N)N. The van der Waals surface area contributed by atoms with Gasteiger partial charge in [-0.15, -0.1) is 0 Å². The van der Waals surface area contributed by atoms with Gasteiger partial charge in [0.1, 0.15) is 0 Å². The molecule has 0 heterocycles. The van der Waals surface area contributed by atoms with Crippen LogP contribution < -0.4 is 5.73 Å². The van der Waals surface area contributed by atoms with Crippen molar-refractivity contribution in [2.45, 2.75) is 45.4 Å². The van der Waals surface area contributed by atoms with Crippen molar-refractivity contribution in [2.75, 3.05) is 11.5 Å². The molecule has 0 atom stereocenters. The molecule has 0 aromatic rings. The molecule has 0 saturated heterocycles. The summed E-state index contributed by atoms with van der Waals surface area (Å²) in [5.41, 5.74) is 5.25. The van der Waals surface area contributed by atoms with Gasteiger partial charge >= 0.3 is 0 Å². The van der Waals surface area contributed by atoms with E-state index >= 15 is 0 Å². The third-order valence-corrected chi connectivity index (χ3v) is 3.03.